The van der Waals surface area contributed by atoms with Crippen molar-refractivity contribution in [1.29, 1.82) is 0 Å². The van der Waals surface area contributed by atoms with Gasteiger partial charge in [-0.15, -0.1) is 0 Å². The minimum absolute atomic E-state index is 0.0270. The van der Waals surface area contributed by atoms with Gasteiger partial charge in [-0.3, -0.25) is 4.79 Å². The van der Waals surface area contributed by atoms with E-state index in [1.165, 1.54) is 5.39 Å². The molecule has 0 saturated heterocycles. The number of carbonyl (C=O) groups is 1. The van der Waals surface area contributed by atoms with E-state index in [1.807, 2.05) is 31.2 Å². The molecule has 0 bridgehead atoms. The molecule has 0 aliphatic rings. The smallest absolute Gasteiger partial charge is 0.239 e. The summed E-state index contributed by atoms with van der Waals surface area (Å²) in [6.45, 7) is 6.53. The molecule has 0 radical (unpaired) electrons. The lowest BCUT2D eigenvalue weighted by atomic mass is 10.1. The second-order valence-electron chi connectivity index (χ2n) is 5.48. The molecule has 0 fully saturated rings. The predicted molar refractivity (Wildman–Crippen MR) is 84.9 cm³/mol. The van der Waals surface area contributed by atoms with Crippen LogP contribution in [0.5, 0.6) is 0 Å². The fourth-order valence-electron chi connectivity index (χ4n) is 2.03. The average Bonchev–Trinajstić information content (AvgIpc) is 2.44. The SMILES string of the molecule is CC(C)C(C)NC(=O)CNc1cccc2ccccc12. The normalized spacial score (nSPS) is 12.4. The summed E-state index contributed by atoms with van der Waals surface area (Å²) in [5.41, 5.74) is 0.996. The first-order valence-corrected chi connectivity index (χ1v) is 7.09. The van der Waals surface area contributed by atoms with Gasteiger partial charge in [-0.25, -0.2) is 0 Å². The fraction of sp³-hybridized carbons (Fsp3) is 0.353. The molecule has 2 N–H and O–H groups in total. The van der Waals surface area contributed by atoms with Gasteiger partial charge >= 0.3 is 0 Å². The van der Waals surface area contributed by atoms with Crippen LogP contribution in [-0.4, -0.2) is 18.5 Å². The van der Waals surface area contributed by atoms with E-state index >= 15 is 0 Å². The second kappa shape index (κ2) is 6.42. The molecule has 1 atom stereocenters. The van der Waals surface area contributed by atoms with Crippen LogP contribution < -0.4 is 10.6 Å². The highest BCUT2D eigenvalue weighted by molar-refractivity contribution is 5.95. The Morgan fingerprint density at radius 1 is 1.05 bits per heavy atom. The van der Waals surface area contributed by atoms with Gasteiger partial charge in [-0.05, 0) is 24.3 Å². The van der Waals surface area contributed by atoms with Gasteiger partial charge in [0.05, 0.1) is 6.54 Å². The molecule has 0 aliphatic heterocycles. The molecule has 0 spiro atoms. The van der Waals surface area contributed by atoms with Gasteiger partial charge in [-0.2, -0.15) is 0 Å². The third kappa shape index (κ3) is 3.50. The molecule has 2 aromatic rings. The summed E-state index contributed by atoms with van der Waals surface area (Å²) in [4.78, 5) is 11.9. The number of amides is 1. The number of carbonyl (C=O) groups excluding carboxylic acids is 1. The van der Waals surface area contributed by atoms with Crippen LogP contribution in [0.25, 0.3) is 10.8 Å². The van der Waals surface area contributed by atoms with Crippen LogP contribution in [0.15, 0.2) is 42.5 Å². The van der Waals surface area contributed by atoms with E-state index in [0.717, 1.165) is 11.1 Å². The molecule has 2 rings (SSSR count). The Balaban J connectivity index is 2.01. The standard InChI is InChI=1S/C17H22N2O/c1-12(2)13(3)19-17(20)11-18-16-10-6-8-14-7-4-5-9-15(14)16/h4-10,12-13,18H,11H2,1-3H3,(H,19,20). The second-order valence-corrected chi connectivity index (χ2v) is 5.48. The van der Waals surface area contributed by atoms with Crippen LogP contribution in [0.3, 0.4) is 0 Å². The molecule has 1 amide bonds. The molecule has 3 heteroatoms. The Bertz CT molecular complexity index is 587. The zero-order valence-corrected chi connectivity index (χ0v) is 12.3. The zero-order valence-electron chi connectivity index (χ0n) is 12.3. The van der Waals surface area contributed by atoms with E-state index in [4.69, 9.17) is 0 Å². The molecular formula is C17H22N2O. The Morgan fingerprint density at radius 3 is 2.50 bits per heavy atom. The van der Waals surface area contributed by atoms with Crippen LogP contribution in [0.1, 0.15) is 20.8 Å². The third-order valence-corrected chi connectivity index (χ3v) is 3.62. The topological polar surface area (TPSA) is 41.1 Å². The number of anilines is 1. The molecule has 3 nitrogen and oxygen atoms in total. The lowest BCUT2D eigenvalue weighted by Crippen LogP contribution is -2.39. The van der Waals surface area contributed by atoms with E-state index in [9.17, 15) is 4.79 Å². The summed E-state index contributed by atoms with van der Waals surface area (Å²) >= 11 is 0. The van der Waals surface area contributed by atoms with Crippen LogP contribution >= 0.6 is 0 Å². The molecule has 2 aromatic carbocycles. The van der Waals surface area contributed by atoms with Crippen molar-refractivity contribution in [2.24, 2.45) is 5.92 Å². The van der Waals surface area contributed by atoms with Crippen LogP contribution in [0, 0.1) is 5.92 Å². The van der Waals surface area contributed by atoms with E-state index < -0.39 is 0 Å². The summed E-state index contributed by atoms with van der Waals surface area (Å²) < 4.78 is 0. The van der Waals surface area contributed by atoms with Crippen molar-refractivity contribution >= 4 is 22.4 Å². The molecule has 106 valence electrons. The van der Waals surface area contributed by atoms with Crippen molar-refractivity contribution < 1.29 is 4.79 Å². The lowest BCUT2D eigenvalue weighted by Gasteiger charge is -2.18. The van der Waals surface area contributed by atoms with Gasteiger partial charge in [0.1, 0.15) is 0 Å². The van der Waals surface area contributed by atoms with Gasteiger partial charge in [0.15, 0.2) is 0 Å². The first kappa shape index (κ1) is 14.4. The summed E-state index contributed by atoms with van der Waals surface area (Å²) in [5.74, 6) is 0.468. The average molecular weight is 270 g/mol. The van der Waals surface area contributed by atoms with E-state index in [2.05, 4.69) is 42.7 Å². The van der Waals surface area contributed by atoms with Crippen molar-refractivity contribution in [3.05, 3.63) is 42.5 Å². The van der Waals surface area contributed by atoms with Gasteiger partial charge in [0, 0.05) is 17.1 Å². The number of hydrogen-bond donors (Lipinski definition) is 2. The minimum Gasteiger partial charge on any atom is -0.376 e. The first-order valence-electron chi connectivity index (χ1n) is 7.09. The van der Waals surface area contributed by atoms with Crippen molar-refractivity contribution in [1.82, 2.24) is 5.32 Å². The van der Waals surface area contributed by atoms with Crippen molar-refractivity contribution in [2.45, 2.75) is 26.8 Å². The number of hydrogen-bond acceptors (Lipinski definition) is 2. The molecule has 0 aromatic heterocycles. The summed E-state index contributed by atoms with van der Waals surface area (Å²) in [5, 5.41) is 8.53. The zero-order chi connectivity index (χ0) is 14.5. The lowest BCUT2D eigenvalue weighted by molar-refractivity contribution is -0.120. The first-order chi connectivity index (χ1) is 9.58. The third-order valence-electron chi connectivity index (χ3n) is 3.62. The number of nitrogens with one attached hydrogen (secondary N) is 2. The maximum absolute atomic E-state index is 11.9. The van der Waals surface area contributed by atoms with Crippen LogP contribution in [-0.2, 0) is 4.79 Å². The van der Waals surface area contributed by atoms with Gasteiger partial charge < -0.3 is 10.6 Å². The minimum atomic E-state index is 0.0270. The van der Waals surface area contributed by atoms with E-state index in [0.29, 0.717) is 12.5 Å². The quantitative estimate of drug-likeness (QED) is 0.874. The Labute approximate surface area is 120 Å². The summed E-state index contributed by atoms with van der Waals surface area (Å²) in [7, 11) is 0. The highest BCUT2D eigenvalue weighted by Crippen LogP contribution is 2.22. The number of fused-ring (bicyclic) bond motifs is 1. The van der Waals surface area contributed by atoms with E-state index in [-0.39, 0.29) is 11.9 Å². The highest BCUT2D eigenvalue weighted by Gasteiger charge is 2.10. The molecule has 0 saturated carbocycles. The van der Waals surface area contributed by atoms with Crippen LogP contribution in [0.4, 0.5) is 5.69 Å². The monoisotopic (exact) mass is 270 g/mol. The molecule has 20 heavy (non-hydrogen) atoms. The largest absolute Gasteiger partial charge is 0.376 e. The van der Waals surface area contributed by atoms with Crippen molar-refractivity contribution in [3.63, 3.8) is 0 Å². The highest BCUT2D eigenvalue weighted by atomic mass is 16.1. The van der Waals surface area contributed by atoms with Crippen LogP contribution in [0.2, 0.25) is 0 Å². The molecule has 1 unspecified atom stereocenters. The predicted octanol–water partition coefficient (Wildman–Crippen LogP) is 3.41. The van der Waals surface area contributed by atoms with Crippen molar-refractivity contribution in [3.8, 4) is 0 Å². The summed E-state index contributed by atoms with van der Waals surface area (Å²) in [6, 6.07) is 14.4. The number of benzene rings is 2. The van der Waals surface area contributed by atoms with Crippen molar-refractivity contribution in [2.75, 3.05) is 11.9 Å². The number of rotatable bonds is 5. The maximum atomic E-state index is 11.9. The fourth-order valence-corrected chi connectivity index (χ4v) is 2.03. The Hall–Kier alpha value is -2.03. The Kier molecular flexibility index (Phi) is 4.61. The Morgan fingerprint density at radius 2 is 1.75 bits per heavy atom. The van der Waals surface area contributed by atoms with Gasteiger partial charge in [0.2, 0.25) is 5.91 Å². The van der Waals surface area contributed by atoms with Gasteiger partial charge in [0.25, 0.3) is 0 Å². The molecule has 0 heterocycles. The van der Waals surface area contributed by atoms with Gasteiger partial charge in [-0.1, -0.05) is 50.2 Å². The molecule has 0 aliphatic carbocycles. The maximum Gasteiger partial charge on any atom is 0.239 e. The summed E-state index contributed by atoms with van der Waals surface area (Å²) in [6.07, 6.45) is 0. The molecular weight excluding hydrogens is 248 g/mol. The van der Waals surface area contributed by atoms with E-state index in [1.54, 1.807) is 0 Å².